The molecule has 2 N–H and O–H groups in total. The molecular weight excluding hydrogens is 382 g/mol. The van der Waals surface area contributed by atoms with Crippen LogP contribution in [-0.2, 0) is 16.0 Å². The molecule has 0 aliphatic carbocycles. The first-order chi connectivity index (χ1) is 14.6. The van der Waals surface area contributed by atoms with Gasteiger partial charge in [0.25, 0.3) is 5.91 Å². The van der Waals surface area contributed by atoms with Crippen molar-refractivity contribution < 1.29 is 19.1 Å². The second kappa shape index (κ2) is 8.65. The number of amides is 2. The van der Waals surface area contributed by atoms with Gasteiger partial charge in [0.15, 0.2) is 6.61 Å². The van der Waals surface area contributed by atoms with Crippen LogP contribution in [0.25, 0.3) is 0 Å². The van der Waals surface area contributed by atoms with E-state index in [4.69, 9.17) is 9.47 Å². The Morgan fingerprint density at radius 3 is 2.83 bits per heavy atom. The van der Waals surface area contributed by atoms with Crippen LogP contribution in [0.5, 0.6) is 17.2 Å². The zero-order chi connectivity index (χ0) is 20.9. The van der Waals surface area contributed by atoms with E-state index in [1.807, 2.05) is 25.1 Å². The number of hydrogen-bond donors (Lipinski definition) is 2. The van der Waals surface area contributed by atoms with Crippen LogP contribution in [0.15, 0.2) is 60.9 Å². The topological polar surface area (TPSA) is 89.5 Å². The van der Waals surface area contributed by atoms with E-state index in [0.29, 0.717) is 35.8 Å². The number of aryl methyl sites for hydroxylation is 2. The maximum atomic E-state index is 12.3. The molecule has 2 amide bonds. The van der Waals surface area contributed by atoms with Gasteiger partial charge in [-0.05, 0) is 73.0 Å². The van der Waals surface area contributed by atoms with E-state index in [-0.39, 0.29) is 18.4 Å². The van der Waals surface area contributed by atoms with Crippen molar-refractivity contribution in [3.05, 3.63) is 72.1 Å². The fourth-order valence-electron chi connectivity index (χ4n) is 3.17. The summed E-state index contributed by atoms with van der Waals surface area (Å²) in [6, 6.07) is 14.4. The first-order valence-corrected chi connectivity index (χ1v) is 9.61. The molecule has 1 aliphatic heterocycles. The number of pyridine rings is 1. The molecule has 3 aromatic rings. The van der Waals surface area contributed by atoms with Crippen LogP contribution in [0.3, 0.4) is 0 Å². The third-order valence-corrected chi connectivity index (χ3v) is 4.66. The fraction of sp³-hybridized carbons (Fsp3) is 0.174. The van der Waals surface area contributed by atoms with E-state index < -0.39 is 0 Å². The van der Waals surface area contributed by atoms with Gasteiger partial charge < -0.3 is 20.1 Å². The molecule has 0 spiro atoms. The number of aromatic nitrogens is 1. The Kier molecular flexibility index (Phi) is 5.61. The summed E-state index contributed by atoms with van der Waals surface area (Å²) in [5.41, 5.74) is 3.35. The van der Waals surface area contributed by atoms with Crippen molar-refractivity contribution in [3.8, 4) is 17.2 Å². The van der Waals surface area contributed by atoms with E-state index in [1.165, 1.54) is 0 Å². The second-order valence-corrected chi connectivity index (χ2v) is 6.98. The molecule has 1 aliphatic rings. The van der Waals surface area contributed by atoms with Crippen molar-refractivity contribution in [2.75, 3.05) is 17.2 Å². The lowest BCUT2D eigenvalue weighted by atomic mass is 10.0. The Morgan fingerprint density at radius 2 is 2.03 bits per heavy atom. The SMILES string of the molecule is Cc1cc(NC(=O)COc2ccc3c(c2)CCC(=O)N3)ccc1Oc1cccnc1. The molecule has 1 aromatic heterocycles. The Bertz CT molecular complexity index is 1080. The molecule has 2 heterocycles. The van der Waals surface area contributed by atoms with E-state index >= 15 is 0 Å². The van der Waals surface area contributed by atoms with Gasteiger partial charge in [-0.1, -0.05) is 0 Å². The van der Waals surface area contributed by atoms with Crippen molar-refractivity contribution in [1.29, 1.82) is 0 Å². The van der Waals surface area contributed by atoms with Crippen LogP contribution in [0.2, 0.25) is 0 Å². The molecule has 7 heteroatoms. The van der Waals surface area contributed by atoms with E-state index in [9.17, 15) is 9.59 Å². The summed E-state index contributed by atoms with van der Waals surface area (Å²) >= 11 is 0. The third-order valence-electron chi connectivity index (χ3n) is 4.66. The largest absolute Gasteiger partial charge is 0.484 e. The molecule has 0 fully saturated rings. The molecule has 0 unspecified atom stereocenters. The first kappa shape index (κ1) is 19.4. The smallest absolute Gasteiger partial charge is 0.262 e. The number of nitrogens with one attached hydrogen (secondary N) is 2. The highest BCUT2D eigenvalue weighted by molar-refractivity contribution is 5.94. The van der Waals surface area contributed by atoms with Gasteiger partial charge in [0.05, 0.1) is 6.20 Å². The van der Waals surface area contributed by atoms with Gasteiger partial charge in [-0.25, -0.2) is 0 Å². The maximum absolute atomic E-state index is 12.3. The molecule has 0 atom stereocenters. The minimum Gasteiger partial charge on any atom is -0.484 e. The van der Waals surface area contributed by atoms with Crippen LogP contribution in [-0.4, -0.2) is 23.4 Å². The highest BCUT2D eigenvalue weighted by atomic mass is 16.5. The number of carbonyl (C=O) groups excluding carboxylic acids is 2. The quantitative estimate of drug-likeness (QED) is 0.647. The molecule has 2 aromatic carbocycles. The highest BCUT2D eigenvalue weighted by Gasteiger charge is 2.15. The Morgan fingerprint density at radius 1 is 1.13 bits per heavy atom. The normalized spacial score (nSPS) is 12.5. The lowest BCUT2D eigenvalue weighted by molar-refractivity contribution is -0.118. The Labute approximate surface area is 174 Å². The van der Waals surface area contributed by atoms with Crippen molar-refractivity contribution in [2.24, 2.45) is 0 Å². The molecule has 30 heavy (non-hydrogen) atoms. The summed E-state index contributed by atoms with van der Waals surface area (Å²) in [4.78, 5) is 27.7. The van der Waals surface area contributed by atoms with Crippen LogP contribution >= 0.6 is 0 Å². The molecular formula is C23H21N3O4. The lowest BCUT2D eigenvalue weighted by Crippen LogP contribution is -2.21. The molecule has 0 saturated heterocycles. The summed E-state index contributed by atoms with van der Waals surface area (Å²) in [6.45, 7) is 1.79. The van der Waals surface area contributed by atoms with Crippen molar-refractivity contribution >= 4 is 23.2 Å². The van der Waals surface area contributed by atoms with Crippen molar-refractivity contribution in [2.45, 2.75) is 19.8 Å². The number of nitrogens with zero attached hydrogens (tertiary/aromatic N) is 1. The van der Waals surface area contributed by atoms with Gasteiger partial charge in [-0.2, -0.15) is 0 Å². The Hall–Kier alpha value is -3.87. The highest BCUT2D eigenvalue weighted by Crippen LogP contribution is 2.28. The van der Waals surface area contributed by atoms with Crippen molar-refractivity contribution in [3.63, 3.8) is 0 Å². The molecule has 7 nitrogen and oxygen atoms in total. The molecule has 4 rings (SSSR count). The minimum absolute atomic E-state index is 0.0164. The van der Waals surface area contributed by atoms with Gasteiger partial charge in [0.1, 0.15) is 17.2 Å². The number of fused-ring (bicyclic) bond motifs is 1. The molecule has 0 bridgehead atoms. The number of anilines is 2. The predicted molar refractivity (Wildman–Crippen MR) is 113 cm³/mol. The molecule has 0 saturated carbocycles. The van der Waals surface area contributed by atoms with E-state index in [2.05, 4.69) is 15.6 Å². The van der Waals surface area contributed by atoms with Crippen LogP contribution in [0.4, 0.5) is 11.4 Å². The number of rotatable bonds is 6. The third kappa shape index (κ3) is 4.75. The maximum Gasteiger partial charge on any atom is 0.262 e. The zero-order valence-electron chi connectivity index (χ0n) is 16.5. The standard InChI is InChI=1S/C23H21N3O4/c1-15-11-17(5-8-21(15)30-19-3-2-10-24-13-19)25-23(28)14-29-18-6-7-20-16(12-18)4-9-22(27)26-20/h2-3,5-8,10-13H,4,9,14H2,1H3,(H,25,28)(H,26,27). The van der Waals surface area contributed by atoms with Gasteiger partial charge in [0, 0.05) is 24.0 Å². The van der Waals surface area contributed by atoms with Crippen LogP contribution in [0.1, 0.15) is 17.5 Å². The average Bonchev–Trinajstić information content (AvgIpc) is 2.75. The first-order valence-electron chi connectivity index (χ1n) is 9.61. The average molecular weight is 403 g/mol. The zero-order valence-corrected chi connectivity index (χ0v) is 16.5. The Balaban J connectivity index is 1.33. The lowest BCUT2D eigenvalue weighted by Gasteiger charge is -2.17. The second-order valence-electron chi connectivity index (χ2n) is 6.98. The van der Waals surface area contributed by atoms with Crippen molar-refractivity contribution in [1.82, 2.24) is 4.98 Å². The minimum atomic E-state index is -0.263. The van der Waals surface area contributed by atoms with Gasteiger partial charge in [-0.3, -0.25) is 14.6 Å². The summed E-state index contributed by atoms with van der Waals surface area (Å²) in [7, 11) is 0. The number of hydrogen-bond acceptors (Lipinski definition) is 5. The number of carbonyl (C=O) groups is 2. The summed E-state index contributed by atoms with van der Waals surface area (Å²) in [5, 5.41) is 5.65. The molecule has 152 valence electrons. The predicted octanol–water partition coefficient (Wildman–Crippen LogP) is 4.08. The summed E-state index contributed by atoms with van der Waals surface area (Å²) in [6.07, 6.45) is 4.44. The van der Waals surface area contributed by atoms with E-state index in [0.717, 1.165) is 16.8 Å². The van der Waals surface area contributed by atoms with Crippen LogP contribution < -0.4 is 20.1 Å². The van der Waals surface area contributed by atoms with Gasteiger partial charge in [-0.15, -0.1) is 0 Å². The van der Waals surface area contributed by atoms with Gasteiger partial charge in [0.2, 0.25) is 5.91 Å². The summed E-state index contributed by atoms with van der Waals surface area (Å²) in [5.74, 6) is 1.69. The number of ether oxygens (including phenoxy) is 2. The van der Waals surface area contributed by atoms with Gasteiger partial charge >= 0.3 is 0 Å². The monoisotopic (exact) mass is 403 g/mol. The van der Waals surface area contributed by atoms with E-state index in [1.54, 1.807) is 42.7 Å². The molecule has 0 radical (unpaired) electrons. The fourth-order valence-corrected chi connectivity index (χ4v) is 3.17. The number of benzene rings is 2. The summed E-state index contributed by atoms with van der Waals surface area (Å²) < 4.78 is 11.4. The van der Waals surface area contributed by atoms with Crippen LogP contribution in [0, 0.1) is 6.92 Å².